The van der Waals surface area contributed by atoms with Crippen molar-refractivity contribution in [1.82, 2.24) is 0 Å². The maximum atomic E-state index is 10.5. The molecule has 27 heavy (non-hydrogen) atoms. The molecule has 1 radical (unpaired) electrons. The SMILES string of the molecule is CC([O-])=C1C=CC=C1.CCC[CH2][Sn]([CH2]CCC)[CH2]CCC.[Fe+2].c1cc[cH-]c1. The molecule has 0 aliphatic heterocycles. The normalized spacial score (nSPS) is 11.4. The molecule has 1 aromatic carbocycles. The van der Waals surface area contributed by atoms with Gasteiger partial charge in [0.05, 0.1) is 0 Å². The predicted octanol–water partition coefficient (Wildman–Crippen LogP) is 7.03. The zero-order chi connectivity index (χ0) is 19.5. The van der Waals surface area contributed by atoms with Crippen LogP contribution in [0.3, 0.4) is 0 Å². The van der Waals surface area contributed by atoms with Crippen LogP contribution < -0.4 is 5.11 Å². The van der Waals surface area contributed by atoms with Gasteiger partial charge in [-0.2, -0.15) is 18.2 Å². The number of hydrogen-bond donors (Lipinski definition) is 0. The van der Waals surface area contributed by atoms with E-state index >= 15 is 0 Å². The molecular formula is C24H39FeOSn. The Balaban J connectivity index is 0. The molecule has 0 amide bonds. The Morgan fingerprint density at radius 3 is 1.48 bits per heavy atom. The molecule has 153 valence electrons. The number of rotatable bonds is 9. The molecule has 0 bridgehead atoms. The summed E-state index contributed by atoms with van der Waals surface area (Å²) in [4.78, 5) is 0. The van der Waals surface area contributed by atoms with Gasteiger partial charge in [-0.3, -0.25) is 0 Å². The molecule has 1 nitrogen and oxygen atoms in total. The maximum Gasteiger partial charge on any atom is 2.00 e. The first kappa shape index (κ1) is 28.9. The van der Waals surface area contributed by atoms with Gasteiger partial charge in [-0.15, -0.1) is 5.76 Å². The monoisotopic (exact) mass is 519 g/mol. The molecule has 0 spiro atoms. The number of hydrogen-bond acceptors (Lipinski definition) is 1. The summed E-state index contributed by atoms with van der Waals surface area (Å²) in [5.41, 5.74) is 0.796. The Bertz CT molecular complexity index is 434. The van der Waals surface area contributed by atoms with Crippen LogP contribution in [0.2, 0.25) is 13.3 Å². The molecule has 0 N–H and O–H groups in total. The molecule has 0 saturated carbocycles. The van der Waals surface area contributed by atoms with Crippen LogP contribution in [-0.2, 0) is 17.1 Å². The largest absolute Gasteiger partial charge is 2.00 e. The van der Waals surface area contributed by atoms with Crippen LogP contribution in [0.5, 0.6) is 0 Å². The summed E-state index contributed by atoms with van der Waals surface area (Å²) >= 11 is -0.839. The van der Waals surface area contributed by atoms with Crippen molar-refractivity contribution >= 4 is 19.8 Å². The second-order valence-corrected chi connectivity index (χ2v) is 15.3. The van der Waals surface area contributed by atoms with Gasteiger partial charge >= 0.3 is 109 Å². The smallest absolute Gasteiger partial charge is 0.214 e. The minimum absolute atomic E-state index is 0. The van der Waals surface area contributed by atoms with Gasteiger partial charge in [0.1, 0.15) is 0 Å². The van der Waals surface area contributed by atoms with Crippen molar-refractivity contribution in [2.24, 2.45) is 0 Å². The van der Waals surface area contributed by atoms with Crippen molar-refractivity contribution in [2.75, 3.05) is 0 Å². The molecule has 2 rings (SSSR count). The van der Waals surface area contributed by atoms with Crippen molar-refractivity contribution < 1.29 is 22.2 Å². The van der Waals surface area contributed by atoms with Crippen LogP contribution in [0.1, 0.15) is 66.2 Å². The summed E-state index contributed by atoms with van der Waals surface area (Å²) in [6.45, 7) is 8.57. The summed E-state index contributed by atoms with van der Waals surface area (Å²) in [6.07, 6.45) is 16.2. The van der Waals surface area contributed by atoms with Crippen LogP contribution in [0.15, 0.2) is 66.0 Å². The molecule has 1 aromatic rings. The molecule has 0 atom stereocenters. The fourth-order valence-electron chi connectivity index (χ4n) is 2.58. The van der Waals surface area contributed by atoms with E-state index in [1.165, 1.54) is 38.5 Å². The van der Waals surface area contributed by atoms with Gasteiger partial charge in [0, 0.05) is 0 Å². The third kappa shape index (κ3) is 18.8. The second kappa shape index (κ2) is 22.0. The molecule has 0 aromatic heterocycles. The Morgan fingerprint density at radius 2 is 1.26 bits per heavy atom. The van der Waals surface area contributed by atoms with Gasteiger partial charge in [0.15, 0.2) is 0 Å². The zero-order valence-corrected chi connectivity index (χ0v) is 21.8. The van der Waals surface area contributed by atoms with Gasteiger partial charge in [-0.05, 0) is 5.57 Å². The van der Waals surface area contributed by atoms with E-state index in [0.717, 1.165) is 5.57 Å². The van der Waals surface area contributed by atoms with Crippen LogP contribution in [0, 0.1) is 0 Å². The van der Waals surface area contributed by atoms with E-state index in [-0.39, 0.29) is 22.8 Å². The van der Waals surface area contributed by atoms with Gasteiger partial charge in [0.25, 0.3) is 0 Å². The molecule has 1 aliphatic rings. The predicted molar refractivity (Wildman–Crippen MR) is 118 cm³/mol. The molecule has 1 aliphatic carbocycles. The van der Waals surface area contributed by atoms with Gasteiger partial charge in [-0.25, -0.2) is 12.1 Å². The Hall–Kier alpha value is -0.312. The standard InChI is InChI=1S/C7H8O.C5H5.3C4H9.Fe.Sn/c1-6(8)7-4-2-3-5-7;1-2-4-5-3-1;3*1-3-4-2;;/h2-5,8H,1H3;1-5H;3*1,3-4H2,2H3;;/q;-1;;;;+2;/p-1. The number of unbranched alkanes of at least 4 members (excludes halogenated alkanes) is 3. The summed E-state index contributed by atoms with van der Waals surface area (Å²) in [7, 11) is 0. The van der Waals surface area contributed by atoms with E-state index in [4.69, 9.17) is 0 Å². The Morgan fingerprint density at radius 1 is 0.852 bits per heavy atom. The summed E-state index contributed by atoms with van der Waals surface area (Å²) in [5, 5.41) is 10.5. The molecule has 0 saturated heterocycles. The van der Waals surface area contributed by atoms with Crippen molar-refractivity contribution in [1.29, 1.82) is 0 Å². The summed E-state index contributed by atoms with van der Waals surface area (Å²) in [6, 6.07) is 10.0. The van der Waals surface area contributed by atoms with E-state index in [1.54, 1.807) is 20.2 Å². The number of allylic oxidation sites excluding steroid dienone is 6. The molecule has 0 heterocycles. The Kier molecular flexibility index (Phi) is 23.5. The van der Waals surface area contributed by atoms with Crippen molar-refractivity contribution in [3.05, 3.63) is 66.0 Å². The first-order valence-electron chi connectivity index (χ1n) is 10.4. The fourth-order valence-corrected chi connectivity index (χ4v) is 12.0. The molecule has 0 unspecified atom stereocenters. The zero-order valence-electron chi connectivity index (χ0n) is 17.8. The van der Waals surface area contributed by atoms with E-state index in [9.17, 15) is 5.11 Å². The summed E-state index contributed by atoms with van der Waals surface area (Å²) in [5.74, 6) is 0.134. The molecule has 3 heteroatoms. The fraction of sp³-hybridized carbons (Fsp3) is 0.542. The second-order valence-electron chi connectivity index (χ2n) is 6.75. The van der Waals surface area contributed by atoms with Crippen LogP contribution >= 0.6 is 0 Å². The minimum atomic E-state index is -0.839. The van der Waals surface area contributed by atoms with Crippen LogP contribution in [0.25, 0.3) is 0 Å². The van der Waals surface area contributed by atoms with Crippen LogP contribution in [0.4, 0.5) is 0 Å². The van der Waals surface area contributed by atoms with E-state index in [1.807, 2.05) is 54.6 Å². The van der Waals surface area contributed by atoms with E-state index in [0.29, 0.717) is 0 Å². The Labute approximate surface area is 186 Å². The van der Waals surface area contributed by atoms with Crippen molar-refractivity contribution in [3.63, 3.8) is 0 Å². The minimum Gasteiger partial charge on any atom is -0.214 e. The summed E-state index contributed by atoms with van der Waals surface area (Å²) < 4.78 is 5.04. The third-order valence-corrected chi connectivity index (χ3v) is 13.4. The molecular weight excluding hydrogens is 479 g/mol. The van der Waals surface area contributed by atoms with Crippen molar-refractivity contribution in [3.8, 4) is 0 Å². The average Bonchev–Trinajstić information content (AvgIpc) is 3.37. The average molecular weight is 518 g/mol. The third-order valence-electron chi connectivity index (χ3n) is 4.28. The maximum absolute atomic E-state index is 10.5. The first-order chi connectivity index (χ1) is 12.7. The van der Waals surface area contributed by atoms with Gasteiger partial charge in [-0.1, -0.05) is 31.2 Å². The van der Waals surface area contributed by atoms with E-state index < -0.39 is 19.8 Å². The van der Waals surface area contributed by atoms with Gasteiger partial charge in [0.2, 0.25) is 0 Å². The van der Waals surface area contributed by atoms with E-state index in [2.05, 4.69) is 20.8 Å². The quantitative estimate of drug-likeness (QED) is 0.196. The topological polar surface area (TPSA) is 23.1 Å². The van der Waals surface area contributed by atoms with Crippen molar-refractivity contribution in [2.45, 2.75) is 79.5 Å². The first-order valence-corrected chi connectivity index (χ1v) is 16.4. The molecule has 0 fully saturated rings. The van der Waals surface area contributed by atoms with Crippen LogP contribution in [-0.4, -0.2) is 19.8 Å². The van der Waals surface area contributed by atoms with Gasteiger partial charge < -0.3 is 5.11 Å².